The molecule has 0 atom stereocenters. The number of halogens is 2. The van der Waals surface area contributed by atoms with Crippen LogP contribution >= 0.6 is 11.6 Å². The van der Waals surface area contributed by atoms with Gasteiger partial charge < -0.3 is 16.0 Å². The summed E-state index contributed by atoms with van der Waals surface area (Å²) in [5, 5.41) is 3.21. The minimum atomic E-state index is -0.446. The highest BCUT2D eigenvalue weighted by Gasteiger charge is 2.09. The maximum atomic E-state index is 13.3. The van der Waals surface area contributed by atoms with E-state index in [2.05, 4.69) is 25.3 Å². The van der Waals surface area contributed by atoms with E-state index in [0.29, 0.717) is 22.7 Å². The third-order valence-electron chi connectivity index (χ3n) is 2.43. The molecule has 1 aromatic carbocycles. The largest absolute Gasteiger partial charge is 0.368 e. The van der Waals surface area contributed by atoms with E-state index < -0.39 is 5.82 Å². The van der Waals surface area contributed by atoms with Crippen LogP contribution in [-0.2, 0) is 0 Å². The molecule has 0 saturated carbocycles. The Morgan fingerprint density at radius 2 is 2.11 bits per heavy atom. The van der Waals surface area contributed by atoms with E-state index in [1.54, 1.807) is 6.07 Å². The lowest BCUT2D eigenvalue weighted by molar-refractivity contribution is 0.628. The van der Waals surface area contributed by atoms with Gasteiger partial charge in [-0.15, -0.1) is 0 Å². The number of benzene rings is 1. The molecule has 19 heavy (non-hydrogen) atoms. The molecule has 3 aromatic rings. The predicted molar refractivity (Wildman–Crippen MR) is 70.8 cm³/mol. The fraction of sp³-hybridized carbons (Fsp3) is 0. The van der Waals surface area contributed by atoms with Crippen molar-refractivity contribution in [2.24, 2.45) is 0 Å². The van der Waals surface area contributed by atoms with Crippen LogP contribution in [0.25, 0.3) is 11.2 Å². The van der Waals surface area contributed by atoms with Gasteiger partial charge in [0.15, 0.2) is 11.5 Å². The van der Waals surface area contributed by atoms with Gasteiger partial charge in [0.05, 0.1) is 6.33 Å². The van der Waals surface area contributed by atoms with Gasteiger partial charge in [0, 0.05) is 10.7 Å². The quantitative estimate of drug-likeness (QED) is 0.670. The molecular weight excluding hydrogens is 271 g/mol. The highest BCUT2D eigenvalue weighted by Crippen LogP contribution is 2.24. The van der Waals surface area contributed by atoms with Crippen molar-refractivity contribution in [1.29, 1.82) is 0 Å². The van der Waals surface area contributed by atoms with Crippen molar-refractivity contribution < 1.29 is 4.39 Å². The van der Waals surface area contributed by atoms with E-state index in [9.17, 15) is 4.39 Å². The second-order valence-electron chi connectivity index (χ2n) is 3.81. The van der Waals surface area contributed by atoms with Crippen molar-refractivity contribution in [1.82, 2.24) is 19.9 Å². The number of hydrogen-bond donors (Lipinski definition) is 3. The lowest BCUT2D eigenvalue weighted by atomic mass is 10.3. The summed E-state index contributed by atoms with van der Waals surface area (Å²) in [4.78, 5) is 14.9. The van der Waals surface area contributed by atoms with E-state index in [1.807, 2.05) is 0 Å². The molecule has 6 nitrogen and oxygen atoms in total. The average Bonchev–Trinajstić information content (AvgIpc) is 2.75. The van der Waals surface area contributed by atoms with Crippen molar-refractivity contribution >= 4 is 40.2 Å². The third kappa shape index (κ3) is 2.27. The monoisotopic (exact) mass is 278 g/mol. The summed E-state index contributed by atoms with van der Waals surface area (Å²) < 4.78 is 13.3. The van der Waals surface area contributed by atoms with E-state index in [1.165, 1.54) is 18.5 Å². The molecule has 8 heteroatoms. The molecule has 0 saturated heterocycles. The van der Waals surface area contributed by atoms with Crippen molar-refractivity contribution in [3.8, 4) is 0 Å². The first kappa shape index (κ1) is 11.7. The molecule has 2 heterocycles. The van der Waals surface area contributed by atoms with Gasteiger partial charge in [-0.2, -0.15) is 9.97 Å². The minimum absolute atomic E-state index is 0.0737. The molecular formula is C11H8ClFN6. The number of H-pyrrole nitrogens is 1. The number of hydrogen-bond acceptors (Lipinski definition) is 5. The predicted octanol–water partition coefficient (Wildman–Crippen LogP) is 2.47. The molecule has 2 aromatic heterocycles. The molecule has 0 bridgehead atoms. The summed E-state index contributed by atoms with van der Waals surface area (Å²) in [5.41, 5.74) is 7.05. The molecule has 0 aliphatic carbocycles. The number of aromatic nitrogens is 4. The summed E-state index contributed by atoms with van der Waals surface area (Å²) >= 11 is 5.79. The summed E-state index contributed by atoms with van der Waals surface area (Å²) in [6, 6.07) is 4.09. The number of rotatable bonds is 2. The van der Waals surface area contributed by atoms with E-state index in [0.717, 1.165) is 0 Å². The molecule has 96 valence electrons. The fourth-order valence-corrected chi connectivity index (χ4v) is 1.93. The molecule has 0 amide bonds. The van der Waals surface area contributed by atoms with Crippen molar-refractivity contribution in [3.63, 3.8) is 0 Å². The van der Waals surface area contributed by atoms with Gasteiger partial charge in [0.1, 0.15) is 11.3 Å². The van der Waals surface area contributed by atoms with Crippen LogP contribution in [0.1, 0.15) is 0 Å². The standard InChI is InChI=1S/C11H8ClFN6/c12-5-1-6(13)3-7(2-5)17-10-8-9(16-4-15-8)18-11(14)19-10/h1-4H,(H4,14,15,16,17,18,19). The number of nitrogens with one attached hydrogen (secondary N) is 2. The van der Waals surface area contributed by atoms with Crippen molar-refractivity contribution in [2.45, 2.75) is 0 Å². The average molecular weight is 279 g/mol. The van der Waals surface area contributed by atoms with Crippen molar-refractivity contribution in [2.75, 3.05) is 11.1 Å². The molecule has 0 aliphatic heterocycles. The zero-order valence-corrected chi connectivity index (χ0v) is 10.2. The zero-order chi connectivity index (χ0) is 13.4. The number of fused-ring (bicyclic) bond motifs is 1. The van der Waals surface area contributed by atoms with E-state index >= 15 is 0 Å². The molecule has 3 rings (SSSR count). The van der Waals surface area contributed by atoms with Gasteiger partial charge in [-0.1, -0.05) is 11.6 Å². The van der Waals surface area contributed by atoms with Gasteiger partial charge in [-0.25, -0.2) is 9.37 Å². The Bertz CT molecular complexity index is 736. The Labute approximate surface area is 111 Å². The molecule has 0 unspecified atom stereocenters. The van der Waals surface area contributed by atoms with Gasteiger partial charge in [-0.3, -0.25) is 0 Å². The van der Waals surface area contributed by atoms with Gasteiger partial charge in [-0.05, 0) is 18.2 Å². The Morgan fingerprint density at radius 3 is 2.89 bits per heavy atom. The first-order chi connectivity index (χ1) is 9.11. The highest BCUT2D eigenvalue weighted by atomic mass is 35.5. The maximum absolute atomic E-state index is 13.3. The highest BCUT2D eigenvalue weighted by molar-refractivity contribution is 6.30. The Balaban J connectivity index is 2.07. The van der Waals surface area contributed by atoms with Gasteiger partial charge in [0.25, 0.3) is 0 Å². The summed E-state index contributed by atoms with van der Waals surface area (Å²) in [7, 11) is 0. The molecule has 4 N–H and O–H groups in total. The van der Waals surface area contributed by atoms with Crippen LogP contribution in [0.15, 0.2) is 24.5 Å². The SMILES string of the molecule is Nc1nc(Nc2cc(F)cc(Cl)c2)c2[nH]cnc2n1. The van der Waals surface area contributed by atoms with Crippen LogP contribution in [0.4, 0.5) is 21.8 Å². The summed E-state index contributed by atoms with van der Waals surface area (Å²) in [6.45, 7) is 0. The lowest BCUT2D eigenvalue weighted by Gasteiger charge is -2.07. The minimum Gasteiger partial charge on any atom is -0.368 e. The van der Waals surface area contributed by atoms with Crippen LogP contribution in [-0.4, -0.2) is 19.9 Å². The molecule has 0 radical (unpaired) electrons. The van der Waals surface area contributed by atoms with Crippen LogP contribution in [0, 0.1) is 5.82 Å². The normalized spacial score (nSPS) is 10.8. The third-order valence-corrected chi connectivity index (χ3v) is 2.65. The topological polar surface area (TPSA) is 92.5 Å². The summed E-state index contributed by atoms with van der Waals surface area (Å²) in [6.07, 6.45) is 1.47. The second kappa shape index (κ2) is 4.36. The van der Waals surface area contributed by atoms with Crippen LogP contribution in [0.5, 0.6) is 0 Å². The number of nitrogens with two attached hydrogens (primary N) is 1. The Hall–Kier alpha value is -2.41. The summed E-state index contributed by atoms with van der Waals surface area (Å²) in [5.74, 6) is 0.0316. The number of imidazole rings is 1. The second-order valence-corrected chi connectivity index (χ2v) is 4.25. The first-order valence-electron chi connectivity index (χ1n) is 5.31. The fourth-order valence-electron chi connectivity index (χ4n) is 1.70. The van der Waals surface area contributed by atoms with Gasteiger partial charge >= 0.3 is 0 Å². The van der Waals surface area contributed by atoms with Crippen LogP contribution < -0.4 is 11.1 Å². The number of nitrogen functional groups attached to an aromatic ring is 1. The molecule has 0 fully saturated rings. The van der Waals surface area contributed by atoms with Crippen molar-refractivity contribution in [3.05, 3.63) is 35.4 Å². The Kier molecular flexibility index (Phi) is 2.68. The smallest absolute Gasteiger partial charge is 0.224 e. The number of anilines is 3. The number of aromatic amines is 1. The van der Waals surface area contributed by atoms with Gasteiger partial charge in [0.2, 0.25) is 5.95 Å². The van der Waals surface area contributed by atoms with E-state index in [-0.39, 0.29) is 11.0 Å². The van der Waals surface area contributed by atoms with Crippen LogP contribution in [0.2, 0.25) is 5.02 Å². The number of nitrogens with zero attached hydrogens (tertiary/aromatic N) is 3. The molecule has 0 aliphatic rings. The van der Waals surface area contributed by atoms with E-state index in [4.69, 9.17) is 17.3 Å². The maximum Gasteiger partial charge on any atom is 0.224 e. The lowest BCUT2D eigenvalue weighted by Crippen LogP contribution is -2.01. The van der Waals surface area contributed by atoms with Crippen LogP contribution in [0.3, 0.4) is 0 Å². The Morgan fingerprint density at radius 1 is 1.26 bits per heavy atom. The molecule has 0 spiro atoms. The first-order valence-corrected chi connectivity index (χ1v) is 5.69. The zero-order valence-electron chi connectivity index (χ0n) is 9.48.